The number of nitrogens with zero attached hydrogens (tertiary/aromatic N) is 3. The van der Waals surface area contributed by atoms with Gasteiger partial charge in [0.05, 0.1) is 22.4 Å². The molecule has 7 nitrogen and oxygen atoms in total. The van der Waals surface area contributed by atoms with E-state index in [0.717, 1.165) is 44.8 Å². The minimum atomic E-state index is -0.214. The minimum absolute atomic E-state index is 0.0926. The molecule has 1 aliphatic rings. The third kappa shape index (κ3) is 6.09. The molecule has 2 heterocycles. The van der Waals surface area contributed by atoms with Gasteiger partial charge in [0.1, 0.15) is 12.4 Å². The number of hydrogen-bond donors (Lipinski definition) is 1. The summed E-state index contributed by atoms with van der Waals surface area (Å²) in [6.45, 7) is 7.16. The molecular formula is C33H36N4O3S. The Hall–Kier alpha value is -3.88. The molecule has 0 fully saturated rings. The molecular weight excluding hydrogens is 532 g/mol. The zero-order valence-corrected chi connectivity index (χ0v) is 24.8. The van der Waals surface area contributed by atoms with Crippen LogP contribution in [0.5, 0.6) is 0 Å². The number of carbonyl (C=O) groups is 2. The van der Waals surface area contributed by atoms with Crippen LogP contribution in [0.3, 0.4) is 0 Å². The van der Waals surface area contributed by atoms with Crippen LogP contribution in [-0.2, 0) is 14.3 Å². The highest BCUT2D eigenvalue weighted by molar-refractivity contribution is 8.00. The summed E-state index contributed by atoms with van der Waals surface area (Å²) in [5, 5.41) is 8.01. The van der Waals surface area contributed by atoms with E-state index in [9.17, 15) is 9.59 Å². The second kappa shape index (κ2) is 12.7. The Morgan fingerprint density at radius 3 is 2.59 bits per heavy atom. The van der Waals surface area contributed by atoms with Gasteiger partial charge in [-0.3, -0.25) is 14.5 Å². The molecule has 8 heteroatoms. The lowest BCUT2D eigenvalue weighted by atomic mass is 9.98. The van der Waals surface area contributed by atoms with Crippen molar-refractivity contribution < 1.29 is 14.3 Å². The molecule has 1 aliphatic heterocycles. The van der Waals surface area contributed by atoms with Gasteiger partial charge in [0.15, 0.2) is 0 Å². The number of thioether (sulfide) groups is 1. The highest BCUT2D eigenvalue weighted by Crippen LogP contribution is 2.48. The second-order valence-corrected chi connectivity index (χ2v) is 11.5. The Morgan fingerprint density at radius 2 is 1.83 bits per heavy atom. The van der Waals surface area contributed by atoms with Crippen LogP contribution in [0.15, 0.2) is 72.8 Å². The Balaban J connectivity index is 1.74. The highest BCUT2D eigenvalue weighted by atomic mass is 32.2. The molecule has 3 aromatic carbocycles. The summed E-state index contributed by atoms with van der Waals surface area (Å²) in [5.41, 5.74) is 8.04. The Bertz CT molecular complexity index is 1550. The van der Waals surface area contributed by atoms with Crippen molar-refractivity contribution in [1.29, 1.82) is 0 Å². The van der Waals surface area contributed by atoms with Gasteiger partial charge in [-0.1, -0.05) is 72.3 Å². The molecule has 0 radical (unpaired) electrons. The second-order valence-electron chi connectivity index (χ2n) is 10.4. The van der Waals surface area contributed by atoms with Crippen LogP contribution in [-0.4, -0.2) is 54.2 Å². The van der Waals surface area contributed by atoms with Gasteiger partial charge in [-0.2, -0.15) is 5.10 Å². The summed E-state index contributed by atoms with van der Waals surface area (Å²) in [7, 11) is 1.64. The number of aromatic nitrogens is 2. The van der Waals surface area contributed by atoms with E-state index in [2.05, 4.69) is 56.4 Å². The summed E-state index contributed by atoms with van der Waals surface area (Å²) >= 11 is 1.58. The number of carbonyl (C=O) groups excluding carboxylic acids is 2. The van der Waals surface area contributed by atoms with Crippen LogP contribution >= 0.6 is 11.8 Å². The number of methoxy groups -OCH3 is 1. The average Bonchev–Trinajstić information content (AvgIpc) is 3.29. The fourth-order valence-corrected chi connectivity index (χ4v) is 6.39. The third-order valence-electron chi connectivity index (χ3n) is 7.43. The Kier molecular flexibility index (Phi) is 8.90. The first-order chi connectivity index (χ1) is 19.9. The van der Waals surface area contributed by atoms with E-state index in [1.54, 1.807) is 23.8 Å². The maximum atomic E-state index is 13.9. The largest absolute Gasteiger partial charge is 0.385 e. The van der Waals surface area contributed by atoms with Gasteiger partial charge in [-0.15, -0.1) is 11.8 Å². The Labute approximate surface area is 245 Å². The van der Waals surface area contributed by atoms with Crippen molar-refractivity contribution in [3.05, 3.63) is 101 Å². The van der Waals surface area contributed by atoms with Gasteiger partial charge in [-0.05, 0) is 49.9 Å². The number of nitrogens with one attached hydrogen (secondary N) is 1. The number of amides is 2. The van der Waals surface area contributed by atoms with E-state index < -0.39 is 0 Å². The normalized spacial score (nSPS) is 15.0. The molecule has 2 amide bonds. The molecule has 0 saturated heterocycles. The smallest absolute Gasteiger partial charge is 0.240 e. The molecule has 0 spiro atoms. The van der Waals surface area contributed by atoms with Crippen molar-refractivity contribution in [1.82, 2.24) is 15.1 Å². The standard InChI is InChI=1S/C33H36N4O3S/c1-22-11-8-15-26(19-22)32-30-31(25-13-6-5-7-14-25)35-37(27-16-9-12-23(2)24(27)3)33(30)36(29(39)21-41-32)20-28(38)34-17-10-18-40-4/h5-9,11-16,19,32H,10,17-18,20-21H2,1-4H3,(H,34,38). The topological polar surface area (TPSA) is 76.5 Å². The number of hydrogen-bond acceptors (Lipinski definition) is 5. The molecule has 0 bridgehead atoms. The van der Waals surface area contributed by atoms with Crippen molar-refractivity contribution in [3.63, 3.8) is 0 Å². The molecule has 4 aromatic rings. The molecule has 1 unspecified atom stereocenters. The van der Waals surface area contributed by atoms with Crippen molar-refractivity contribution in [2.75, 3.05) is 37.5 Å². The van der Waals surface area contributed by atoms with Crippen LogP contribution in [0.1, 0.15) is 39.5 Å². The number of rotatable bonds is 9. The lowest BCUT2D eigenvalue weighted by Gasteiger charge is -2.24. The molecule has 1 aromatic heterocycles. The van der Waals surface area contributed by atoms with Crippen molar-refractivity contribution in [2.24, 2.45) is 0 Å². The van der Waals surface area contributed by atoms with Gasteiger partial charge >= 0.3 is 0 Å². The molecule has 41 heavy (non-hydrogen) atoms. The van der Waals surface area contributed by atoms with E-state index in [0.29, 0.717) is 25.4 Å². The lowest BCUT2D eigenvalue weighted by Crippen LogP contribution is -2.42. The van der Waals surface area contributed by atoms with Crippen molar-refractivity contribution in [2.45, 2.75) is 32.4 Å². The maximum Gasteiger partial charge on any atom is 0.240 e. The Morgan fingerprint density at radius 1 is 1.05 bits per heavy atom. The van der Waals surface area contributed by atoms with Crippen molar-refractivity contribution in [3.8, 4) is 16.9 Å². The molecule has 0 saturated carbocycles. The number of fused-ring (bicyclic) bond motifs is 1. The quantitative estimate of drug-likeness (QED) is 0.259. The predicted octanol–water partition coefficient (Wildman–Crippen LogP) is 5.79. The van der Waals surface area contributed by atoms with E-state index >= 15 is 0 Å². The zero-order chi connectivity index (χ0) is 28.9. The molecule has 212 valence electrons. The number of ether oxygens (including phenoxy) is 1. The van der Waals surface area contributed by atoms with Crippen LogP contribution < -0.4 is 10.2 Å². The summed E-state index contributed by atoms with van der Waals surface area (Å²) in [6.07, 6.45) is 0.700. The molecule has 0 aliphatic carbocycles. The van der Waals surface area contributed by atoms with E-state index in [4.69, 9.17) is 9.84 Å². The van der Waals surface area contributed by atoms with Crippen LogP contribution in [0.25, 0.3) is 16.9 Å². The summed E-state index contributed by atoms with van der Waals surface area (Å²) in [6, 6.07) is 24.6. The van der Waals surface area contributed by atoms with Gasteiger partial charge in [-0.25, -0.2) is 4.68 Å². The van der Waals surface area contributed by atoms with Crippen LogP contribution in [0.4, 0.5) is 5.82 Å². The summed E-state index contributed by atoms with van der Waals surface area (Å²) in [4.78, 5) is 28.7. The number of benzene rings is 3. The lowest BCUT2D eigenvalue weighted by molar-refractivity contribution is -0.122. The van der Waals surface area contributed by atoms with Crippen LogP contribution in [0, 0.1) is 20.8 Å². The minimum Gasteiger partial charge on any atom is -0.385 e. The monoisotopic (exact) mass is 568 g/mol. The summed E-state index contributed by atoms with van der Waals surface area (Å²) in [5.74, 6) is 0.552. The summed E-state index contributed by atoms with van der Waals surface area (Å²) < 4.78 is 7.00. The van der Waals surface area contributed by atoms with E-state index in [-0.39, 0.29) is 29.4 Å². The molecule has 5 rings (SSSR count). The first kappa shape index (κ1) is 28.6. The maximum absolute atomic E-state index is 13.9. The zero-order valence-electron chi connectivity index (χ0n) is 24.0. The van der Waals surface area contributed by atoms with Gasteiger partial charge in [0, 0.05) is 31.4 Å². The SMILES string of the molecule is COCCCNC(=O)CN1C(=O)CSC(c2cccc(C)c2)c2c(-c3ccccc3)nn(-c3cccc(C)c3C)c21. The van der Waals surface area contributed by atoms with Crippen molar-refractivity contribution >= 4 is 29.4 Å². The van der Waals surface area contributed by atoms with Gasteiger partial charge in [0.25, 0.3) is 0 Å². The first-order valence-electron chi connectivity index (χ1n) is 13.9. The molecule has 1 atom stereocenters. The molecule has 1 N–H and O–H groups in total. The average molecular weight is 569 g/mol. The van der Waals surface area contributed by atoms with Crippen LogP contribution in [0.2, 0.25) is 0 Å². The number of anilines is 1. The highest BCUT2D eigenvalue weighted by Gasteiger charge is 2.38. The van der Waals surface area contributed by atoms with E-state index in [1.807, 2.05) is 47.1 Å². The van der Waals surface area contributed by atoms with E-state index in [1.165, 1.54) is 0 Å². The van der Waals surface area contributed by atoms with Gasteiger partial charge in [0.2, 0.25) is 11.8 Å². The third-order valence-corrected chi connectivity index (χ3v) is 8.69. The number of aryl methyl sites for hydroxylation is 2. The first-order valence-corrected chi connectivity index (χ1v) is 14.9. The fraction of sp³-hybridized carbons (Fsp3) is 0.303. The fourth-order valence-electron chi connectivity index (χ4n) is 5.20. The predicted molar refractivity (Wildman–Crippen MR) is 166 cm³/mol. The van der Waals surface area contributed by atoms with Gasteiger partial charge < -0.3 is 10.1 Å².